The molecule has 1 N–H and O–H groups in total. The first-order chi connectivity index (χ1) is 11.5. The second kappa shape index (κ2) is 11.3. The number of carbonyl (C=O) groups excluding carboxylic acids is 1. The molecule has 0 aromatic heterocycles. The summed E-state index contributed by atoms with van der Waals surface area (Å²) >= 11 is 0. The van der Waals surface area contributed by atoms with Crippen LogP contribution < -0.4 is 4.74 Å². The van der Waals surface area contributed by atoms with Gasteiger partial charge in [-0.25, -0.2) is 4.79 Å². The van der Waals surface area contributed by atoms with Gasteiger partial charge in [-0.2, -0.15) is 0 Å². The number of hydrogen-bond donors (Lipinski definition) is 1. The van der Waals surface area contributed by atoms with Gasteiger partial charge in [0, 0.05) is 6.08 Å². The average Bonchev–Trinajstić information content (AvgIpc) is 2.54. The Bertz CT molecular complexity index is 569. The Kier molecular flexibility index (Phi) is 9.35. The monoisotopic (exact) mass is 332 g/mol. The predicted octanol–water partition coefficient (Wildman–Crippen LogP) is 4.87. The van der Waals surface area contributed by atoms with E-state index in [1.165, 1.54) is 18.9 Å². The van der Waals surface area contributed by atoms with Gasteiger partial charge < -0.3 is 14.6 Å². The maximum atomic E-state index is 11.6. The summed E-state index contributed by atoms with van der Waals surface area (Å²) in [5.74, 6) is 0.142. The summed E-state index contributed by atoms with van der Waals surface area (Å²) in [7, 11) is 0. The van der Waals surface area contributed by atoms with Crippen molar-refractivity contribution in [2.75, 3.05) is 13.2 Å². The van der Waals surface area contributed by atoms with Crippen LogP contribution in [0.4, 0.5) is 0 Å². The van der Waals surface area contributed by atoms with Gasteiger partial charge in [-0.1, -0.05) is 37.8 Å². The molecule has 0 atom stereocenters. The zero-order valence-corrected chi connectivity index (χ0v) is 14.9. The lowest BCUT2D eigenvalue weighted by Gasteiger charge is -2.08. The van der Waals surface area contributed by atoms with Crippen LogP contribution in [-0.2, 0) is 9.53 Å². The maximum absolute atomic E-state index is 11.6. The Morgan fingerprint density at radius 3 is 2.71 bits per heavy atom. The summed E-state index contributed by atoms with van der Waals surface area (Å²) in [5.41, 5.74) is 1.88. The zero-order valence-electron chi connectivity index (χ0n) is 14.9. The minimum absolute atomic E-state index is 0.105. The Morgan fingerprint density at radius 1 is 1.21 bits per heavy atom. The van der Waals surface area contributed by atoms with Crippen LogP contribution in [0.3, 0.4) is 0 Å². The summed E-state index contributed by atoms with van der Waals surface area (Å²) in [6.45, 7) is 6.90. The Hall–Kier alpha value is -2.23. The third-order valence-corrected chi connectivity index (χ3v) is 3.37. The first kappa shape index (κ1) is 19.8. The van der Waals surface area contributed by atoms with E-state index in [1.54, 1.807) is 24.3 Å². The number of carbonyl (C=O) groups is 1. The molecule has 24 heavy (non-hydrogen) atoms. The molecule has 0 aliphatic rings. The Balaban J connectivity index is 2.53. The fraction of sp³-hybridized carbons (Fsp3) is 0.450. The van der Waals surface area contributed by atoms with Gasteiger partial charge in [-0.3, -0.25) is 0 Å². The van der Waals surface area contributed by atoms with Crippen molar-refractivity contribution in [3.8, 4) is 11.5 Å². The lowest BCUT2D eigenvalue weighted by Crippen LogP contribution is -2.00. The highest BCUT2D eigenvalue weighted by atomic mass is 16.5. The quantitative estimate of drug-likeness (QED) is 0.287. The first-order valence-electron chi connectivity index (χ1n) is 8.47. The van der Waals surface area contributed by atoms with Crippen molar-refractivity contribution < 1.29 is 19.4 Å². The van der Waals surface area contributed by atoms with Crippen molar-refractivity contribution in [1.82, 2.24) is 0 Å². The number of phenolic OH excluding ortho intramolecular Hbond substituents is 1. The first-order valence-corrected chi connectivity index (χ1v) is 8.47. The van der Waals surface area contributed by atoms with Crippen LogP contribution in [0, 0.1) is 0 Å². The van der Waals surface area contributed by atoms with Crippen LogP contribution in [0.15, 0.2) is 35.9 Å². The summed E-state index contributed by atoms with van der Waals surface area (Å²) in [6.07, 6.45) is 9.31. The van der Waals surface area contributed by atoms with Gasteiger partial charge in [0.1, 0.15) is 6.61 Å². The van der Waals surface area contributed by atoms with Gasteiger partial charge in [0.15, 0.2) is 11.5 Å². The minimum Gasteiger partial charge on any atom is -0.504 e. The molecule has 1 rings (SSSR count). The number of hydrogen-bond acceptors (Lipinski definition) is 4. The van der Waals surface area contributed by atoms with E-state index in [0.717, 1.165) is 24.0 Å². The number of aromatic hydroxyl groups is 1. The van der Waals surface area contributed by atoms with Crippen molar-refractivity contribution in [2.24, 2.45) is 0 Å². The fourth-order valence-electron chi connectivity index (χ4n) is 1.96. The van der Waals surface area contributed by atoms with E-state index in [2.05, 4.69) is 6.92 Å². The number of ether oxygens (including phenoxy) is 2. The molecule has 4 heteroatoms. The maximum Gasteiger partial charge on any atom is 0.331 e. The number of allylic oxidation sites excluding steroid dienone is 1. The largest absolute Gasteiger partial charge is 0.504 e. The van der Waals surface area contributed by atoms with Crippen molar-refractivity contribution >= 4 is 12.0 Å². The molecule has 132 valence electrons. The van der Waals surface area contributed by atoms with Crippen molar-refractivity contribution in [1.29, 1.82) is 0 Å². The second-order valence-corrected chi connectivity index (χ2v) is 5.88. The van der Waals surface area contributed by atoms with Gasteiger partial charge in [0.05, 0.1) is 6.61 Å². The number of unbranched alkanes of at least 4 members (excludes halogenated alkanes) is 3. The molecular formula is C20H28O4. The Morgan fingerprint density at radius 2 is 2.00 bits per heavy atom. The lowest BCUT2D eigenvalue weighted by atomic mass is 10.2. The number of esters is 1. The second-order valence-electron chi connectivity index (χ2n) is 5.88. The van der Waals surface area contributed by atoms with Crippen LogP contribution in [0.2, 0.25) is 0 Å². The molecule has 1 aromatic carbocycles. The van der Waals surface area contributed by atoms with Gasteiger partial charge in [-0.15, -0.1) is 0 Å². The molecule has 0 saturated carbocycles. The third kappa shape index (κ3) is 8.42. The van der Waals surface area contributed by atoms with E-state index in [0.29, 0.717) is 12.4 Å². The number of benzene rings is 1. The number of rotatable bonds is 10. The summed E-state index contributed by atoms with van der Waals surface area (Å²) in [5, 5.41) is 9.84. The molecule has 0 radical (unpaired) electrons. The molecular weight excluding hydrogens is 304 g/mol. The molecule has 0 spiro atoms. The van der Waals surface area contributed by atoms with Crippen LogP contribution in [0.1, 0.15) is 52.0 Å². The topological polar surface area (TPSA) is 55.8 Å². The minimum atomic E-state index is -0.400. The SMILES string of the molecule is CCCCCCOc1cc(C=CC(=O)OCC=C(C)C)ccc1O. The van der Waals surface area contributed by atoms with Crippen LogP contribution in [0.25, 0.3) is 6.08 Å². The van der Waals surface area contributed by atoms with Gasteiger partial charge in [0.25, 0.3) is 0 Å². The molecule has 0 unspecified atom stereocenters. The summed E-state index contributed by atoms with van der Waals surface area (Å²) in [4.78, 5) is 11.6. The van der Waals surface area contributed by atoms with E-state index < -0.39 is 5.97 Å². The molecule has 0 heterocycles. The molecule has 0 saturated heterocycles. The van der Waals surface area contributed by atoms with E-state index in [4.69, 9.17) is 9.47 Å². The van der Waals surface area contributed by atoms with Gasteiger partial charge in [-0.05, 0) is 50.1 Å². The van der Waals surface area contributed by atoms with Crippen molar-refractivity contribution in [3.63, 3.8) is 0 Å². The van der Waals surface area contributed by atoms with E-state index in [9.17, 15) is 9.90 Å². The molecule has 0 bridgehead atoms. The molecule has 0 fully saturated rings. The highest BCUT2D eigenvalue weighted by Crippen LogP contribution is 2.27. The molecule has 0 aliphatic heterocycles. The van der Waals surface area contributed by atoms with Crippen LogP contribution in [-0.4, -0.2) is 24.3 Å². The fourth-order valence-corrected chi connectivity index (χ4v) is 1.96. The van der Waals surface area contributed by atoms with Crippen LogP contribution in [0.5, 0.6) is 11.5 Å². The van der Waals surface area contributed by atoms with Crippen LogP contribution >= 0.6 is 0 Å². The predicted molar refractivity (Wildman–Crippen MR) is 97.2 cm³/mol. The third-order valence-electron chi connectivity index (χ3n) is 3.37. The number of phenols is 1. The molecule has 0 amide bonds. The van der Waals surface area contributed by atoms with E-state index in [1.807, 2.05) is 19.9 Å². The van der Waals surface area contributed by atoms with E-state index in [-0.39, 0.29) is 12.4 Å². The average molecular weight is 332 g/mol. The lowest BCUT2D eigenvalue weighted by molar-refractivity contribution is -0.136. The molecule has 4 nitrogen and oxygen atoms in total. The zero-order chi connectivity index (χ0) is 17.8. The summed E-state index contributed by atoms with van der Waals surface area (Å²) < 4.78 is 10.7. The highest BCUT2D eigenvalue weighted by molar-refractivity contribution is 5.87. The van der Waals surface area contributed by atoms with Gasteiger partial charge in [0.2, 0.25) is 0 Å². The normalized spacial score (nSPS) is 10.6. The van der Waals surface area contributed by atoms with Gasteiger partial charge >= 0.3 is 5.97 Å². The van der Waals surface area contributed by atoms with E-state index >= 15 is 0 Å². The smallest absolute Gasteiger partial charge is 0.331 e. The standard InChI is InChI=1S/C20H28O4/c1-4-5-6-7-13-23-19-15-17(8-10-18(19)21)9-11-20(22)24-14-12-16(2)3/h8-12,15,21H,4-7,13-14H2,1-3H3. The molecule has 0 aliphatic carbocycles. The van der Waals surface area contributed by atoms with Crippen molar-refractivity contribution in [3.05, 3.63) is 41.5 Å². The molecule has 1 aromatic rings. The Labute approximate surface area is 144 Å². The summed E-state index contributed by atoms with van der Waals surface area (Å²) in [6, 6.07) is 5.00. The van der Waals surface area contributed by atoms with Crippen molar-refractivity contribution in [2.45, 2.75) is 46.5 Å². The highest BCUT2D eigenvalue weighted by Gasteiger charge is 2.03.